The van der Waals surface area contributed by atoms with Gasteiger partial charge in [-0.1, -0.05) is 13.0 Å². The third-order valence-corrected chi connectivity index (χ3v) is 6.33. The van der Waals surface area contributed by atoms with Gasteiger partial charge in [0.05, 0.1) is 17.1 Å². The molecule has 0 fully saturated rings. The fraction of sp³-hybridized carbons (Fsp3) is 0.467. The van der Waals surface area contributed by atoms with Crippen molar-refractivity contribution >= 4 is 9.84 Å². The van der Waals surface area contributed by atoms with E-state index >= 15 is 0 Å². The molecule has 0 aromatic rings. The van der Waals surface area contributed by atoms with E-state index in [4.69, 9.17) is 4.74 Å². The molecule has 0 aromatic carbocycles. The van der Waals surface area contributed by atoms with E-state index in [0.29, 0.717) is 18.2 Å². The predicted octanol–water partition coefficient (Wildman–Crippen LogP) is 1.45. The fourth-order valence-corrected chi connectivity index (χ4v) is 4.77. The molecular formula is C15H19N3O3S. The van der Waals surface area contributed by atoms with Gasteiger partial charge >= 0.3 is 0 Å². The Hall–Kier alpha value is -1.89. The molecule has 4 heterocycles. The Kier molecular flexibility index (Phi) is 2.84. The van der Waals surface area contributed by atoms with Gasteiger partial charge in [-0.25, -0.2) is 8.42 Å². The highest BCUT2D eigenvalue weighted by Crippen LogP contribution is 2.38. The molecule has 0 spiro atoms. The van der Waals surface area contributed by atoms with E-state index in [0.717, 1.165) is 30.1 Å². The van der Waals surface area contributed by atoms with Crippen molar-refractivity contribution in [2.45, 2.75) is 26.2 Å². The van der Waals surface area contributed by atoms with Crippen molar-refractivity contribution in [3.63, 3.8) is 0 Å². The van der Waals surface area contributed by atoms with Crippen LogP contribution < -0.4 is 10.6 Å². The maximum atomic E-state index is 12.2. The first-order valence-electron chi connectivity index (χ1n) is 7.51. The third-order valence-electron chi connectivity index (χ3n) is 4.54. The molecule has 0 aliphatic carbocycles. The first-order chi connectivity index (χ1) is 10.5. The summed E-state index contributed by atoms with van der Waals surface area (Å²) in [7, 11) is -1.31. The van der Waals surface area contributed by atoms with Crippen molar-refractivity contribution < 1.29 is 13.2 Å². The van der Waals surface area contributed by atoms with Crippen LogP contribution in [0.2, 0.25) is 0 Å². The van der Waals surface area contributed by atoms with E-state index in [1.165, 1.54) is 5.57 Å². The summed E-state index contributed by atoms with van der Waals surface area (Å²) in [6, 6.07) is 0. The van der Waals surface area contributed by atoms with Crippen LogP contribution in [0.4, 0.5) is 0 Å². The topological polar surface area (TPSA) is 70.7 Å². The van der Waals surface area contributed by atoms with E-state index in [2.05, 4.69) is 23.6 Å². The van der Waals surface area contributed by atoms with Gasteiger partial charge in [0, 0.05) is 31.2 Å². The molecule has 1 atom stereocenters. The van der Waals surface area contributed by atoms with Gasteiger partial charge in [0.15, 0.2) is 14.9 Å². The average Bonchev–Trinajstić information content (AvgIpc) is 2.48. The van der Waals surface area contributed by atoms with Crippen LogP contribution in [0.1, 0.15) is 26.2 Å². The molecule has 6 nitrogen and oxygen atoms in total. The van der Waals surface area contributed by atoms with Crippen LogP contribution in [0.15, 0.2) is 46.0 Å². The number of hydrogen-bond donors (Lipinski definition) is 2. The van der Waals surface area contributed by atoms with Crippen LogP contribution in [-0.2, 0) is 14.6 Å². The highest BCUT2D eigenvalue weighted by Gasteiger charge is 2.37. The third kappa shape index (κ3) is 1.95. The Labute approximate surface area is 130 Å². The highest BCUT2D eigenvalue weighted by molar-refractivity contribution is 7.95. The molecule has 7 heteroatoms. The Morgan fingerprint density at radius 2 is 2.14 bits per heavy atom. The summed E-state index contributed by atoms with van der Waals surface area (Å²) < 4.78 is 30.4. The maximum absolute atomic E-state index is 12.2. The SMILES string of the molecule is CC1C=CN(C)C2=C1CC1=C(NC3=C(CCCS3(=O)=O)N1)O2. The van der Waals surface area contributed by atoms with Gasteiger partial charge in [-0.15, -0.1) is 0 Å². The molecule has 0 saturated heterocycles. The lowest BCUT2D eigenvalue weighted by atomic mass is 9.93. The molecule has 0 radical (unpaired) electrons. The molecule has 0 amide bonds. The van der Waals surface area contributed by atoms with Crippen molar-refractivity contribution in [2.75, 3.05) is 12.8 Å². The number of sulfone groups is 1. The van der Waals surface area contributed by atoms with Gasteiger partial charge in [0.25, 0.3) is 0 Å². The second kappa shape index (κ2) is 4.55. The van der Waals surface area contributed by atoms with Crippen LogP contribution in [0.3, 0.4) is 0 Å². The number of hydrogen-bond acceptors (Lipinski definition) is 6. The summed E-state index contributed by atoms with van der Waals surface area (Å²) in [6.07, 6.45) is 6.27. The number of rotatable bonds is 0. The molecule has 22 heavy (non-hydrogen) atoms. The maximum Gasteiger partial charge on any atom is 0.220 e. The van der Waals surface area contributed by atoms with Gasteiger partial charge < -0.3 is 20.3 Å². The van der Waals surface area contributed by atoms with Crippen LogP contribution in [0, 0.1) is 5.92 Å². The molecule has 118 valence electrons. The molecule has 4 rings (SSSR count). The van der Waals surface area contributed by atoms with Crippen molar-refractivity contribution in [1.82, 2.24) is 15.5 Å². The first kappa shape index (κ1) is 13.8. The number of nitrogens with zero attached hydrogens (tertiary/aromatic N) is 1. The molecule has 0 bridgehead atoms. The Morgan fingerprint density at radius 3 is 2.95 bits per heavy atom. The Bertz CT molecular complexity index is 774. The number of nitrogens with one attached hydrogen (secondary N) is 2. The van der Waals surface area contributed by atoms with Gasteiger partial charge in [0.2, 0.25) is 11.8 Å². The Balaban J connectivity index is 1.67. The van der Waals surface area contributed by atoms with Crippen LogP contribution in [-0.4, -0.2) is 26.1 Å². The van der Waals surface area contributed by atoms with Crippen molar-refractivity contribution in [2.24, 2.45) is 5.92 Å². The molecule has 4 aliphatic heterocycles. The minimum Gasteiger partial charge on any atom is -0.423 e. The fourth-order valence-electron chi connectivity index (χ4n) is 3.27. The molecule has 0 saturated carbocycles. The van der Waals surface area contributed by atoms with Gasteiger partial charge in [-0.3, -0.25) is 0 Å². The van der Waals surface area contributed by atoms with Crippen LogP contribution in [0.5, 0.6) is 0 Å². The quantitative estimate of drug-likeness (QED) is 0.704. The second-order valence-electron chi connectivity index (χ2n) is 6.14. The number of ether oxygens (including phenoxy) is 1. The standard InChI is InChI=1S/C15H19N3O3S/c1-9-5-6-18(2)15-10(9)8-12-13(21-15)17-14-11(16-12)4-3-7-22(14,19)20/h5-6,9,16-17H,3-4,7-8H2,1-2H3. The van der Waals surface area contributed by atoms with E-state index in [1.54, 1.807) is 0 Å². The lowest BCUT2D eigenvalue weighted by Gasteiger charge is -2.38. The van der Waals surface area contributed by atoms with Crippen molar-refractivity contribution in [1.29, 1.82) is 0 Å². The second-order valence-corrected chi connectivity index (χ2v) is 8.18. The van der Waals surface area contributed by atoms with Gasteiger partial charge in [0.1, 0.15) is 0 Å². The molecule has 1 unspecified atom stereocenters. The first-order valence-corrected chi connectivity index (χ1v) is 9.16. The molecular weight excluding hydrogens is 302 g/mol. The average molecular weight is 321 g/mol. The van der Waals surface area contributed by atoms with E-state index in [9.17, 15) is 8.42 Å². The zero-order valence-electron chi connectivity index (χ0n) is 12.6. The number of allylic oxidation sites excluding steroid dienone is 3. The summed E-state index contributed by atoms with van der Waals surface area (Å²) in [5, 5.41) is 6.60. The van der Waals surface area contributed by atoms with Gasteiger partial charge in [-0.2, -0.15) is 0 Å². The normalized spacial score (nSPS) is 29.2. The zero-order valence-corrected chi connectivity index (χ0v) is 13.5. The summed E-state index contributed by atoms with van der Waals surface area (Å²) in [4.78, 5) is 1.93. The predicted molar refractivity (Wildman–Crippen MR) is 82.1 cm³/mol. The lowest BCUT2D eigenvalue weighted by molar-refractivity contribution is 0.174. The summed E-state index contributed by atoms with van der Waals surface area (Å²) in [5.41, 5.74) is 2.90. The van der Waals surface area contributed by atoms with Crippen molar-refractivity contribution in [3.05, 3.63) is 46.0 Å². The minimum absolute atomic E-state index is 0.191. The smallest absolute Gasteiger partial charge is 0.220 e. The van der Waals surface area contributed by atoms with Crippen molar-refractivity contribution in [3.8, 4) is 0 Å². The monoisotopic (exact) mass is 321 g/mol. The molecule has 0 aromatic heterocycles. The zero-order chi connectivity index (χ0) is 15.5. The molecule has 4 aliphatic rings. The lowest BCUT2D eigenvalue weighted by Crippen LogP contribution is -2.41. The Morgan fingerprint density at radius 1 is 1.32 bits per heavy atom. The largest absolute Gasteiger partial charge is 0.423 e. The van der Waals surface area contributed by atoms with Crippen LogP contribution in [0.25, 0.3) is 0 Å². The van der Waals surface area contributed by atoms with E-state index in [-0.39, 0.29) is 10.8 Å². The summed E-state index contributed by atoms with van der Waals surface area (Å²) in [6.45, 7) is 2.14. The summed E-state index contributed by atoms with van der Waals surface area (Å²) >= 11 is 0. The summed E-state index contributed by atoms with van der Waals surface area (Å²) in [5.74, 6) is 1.81. The highest BCUT2D eigenvalue weighted by atomic mass is 32.2. The van der Waals surface area contributed by atoms with E-state index in [1.807, 2.05) is 18.1 Å². The van der Waals surface area contributed by atoms with Crippen LogP contribution >= 0.6 is 0 Å². The van der Waals surface area contributed by atoms with Gasteiger partial charge in [-0.05, 0) is 12.8 Å². The minimum atomic E-state index is -3.24. The molecule has 2 N–H and O–H groups in total. The van der Waals surface area contributed by atoms with E-state index < -0.39 is 9.84 Å².